The van der Waals surface area contributed by atoms with Crippen LogP contribution in [0.2, 0.25) is 0 Å². The molecule has 3 rings (SSSR count). The van der Waals surface area contributed by atoms with Crippen molar-refractivity contribution in [3.8, 4) is 11.1 Å². The number of nitrogens with zero attached hydrogens (tertiary/aromatic N) is 1. The van der Waals surface area contributed by atoms with Crippen molar-refractivity contribution < 1.29 is 4.79 Å². The van der Waals surface area contributed by atoms with Gasteiger partial charge in [-0.25, -0.2) is 0 Å². The van der Waals surface area contributed by atoms with Crippen LogP contribution in [0.25, 0.3) is 11.1 Å². The first-order valence-electron chi connectivity index (χ1n) is 7.43. The van der Waals surface area contributed by atoms with Gasteiger partial charge in [0.05, 0.1) is 12.1 Å². The van der Waals surface area contributed by atoms with E-state index in [1.165, 1.54) is 0 Å². The van der Waals surface area contributed by atoms with Crippen LogP contribution in [0.1, 0.15) is 11.5 Å². The Morgan fingerprint density at radius 2 is 1.79 bits per heavy atom. The molecule has 0 bridgehead atoms. The third-order valence-corrected chi connectivity index (χ3v) is 3.74. The van der Waals surface area contributed by atoms with Gasteiger partial charge < -0.3 is 11.1 Å². The molecule has 4 N–H and O–H groups in total. The summed E-state index contributed by atoms with van der Waals surface area (Å²) >= 11 is 0. The van der Waals surface area contributed by atoms with Gasteiger partial charge in [-0.15, -0.1) is 12.4 Å². The molecule has 0 unspecified atom stereocenters. The van der Waals surface area contributed by atoms with Crippen LogP contribution in [0.5, 0.6) is 0 Å². The lowest BCUT2D eigenvalue weighted by molar-refractivity contribution is -0.117. The van der Waals surface area contributed by atoms with Crippen LogP contribution in [0, 0.1) is 0 Å². The topological polar surface area (TPSA) is 83.8 Å². The molecule has 2 aromatic carbocycles. The average Bonchev–Trinajstić information content (AvgIpc) is 3.12. The minimum absolute atomic E-state index is 0. The summed E-state index contributed by atoms with van der Waals surface area (Å²) in [6.07, 6.45) is 3.58. The highest BCUT2D eigenvalue weighted by molar-refractivity contribution is 5.96. The van der Waals surface area contributed by atoms with Gasteiger partial charge in [-0.05, 0) is 23.3 Å². The maximum atomic E-state index is 12.5. The Labute approximate surface area is 146 Å². The smallest absolute Gasteiger partial charge is 0.233 e. The van der Waals surface area contributed by atoms with Crippen LogP contribution >= 0.6 is 12.4 Å². The maximum Gasteiger partial charge on any atom is 0.233 e. The molecule has 3 aromatic rings. The highest BCUT2D eigenvalue weighted by Crippen LogP contribution is 2.21. The van der Waals surface area contributed by atoms with Gasteiger partial charge in [0.15, 0.2) is 0 Å². The second kappa shape index (κ2) is 8.29. The Morgan fingerprint density at radius 3 is 2.38 bits per heavy atom. The molecule has 1 atom stereocenters. The summed E-state index contributed by atoms with van der Waals surface area (Å²) in [5.41, 5.74) is 9.49. The van der Waals surface area contributed by atoms with E-state index in [1.54, 1.807) is 6.20 Å². The van der Waals surface area contributed by atoms with Gasteiger partial charge >= 0.3 is 0 Å². The summed E-state index contributed by atoms with van der Waals surface area (Å²) in [6.45, 7) is 0.267. The molecule has 0 aliphatic rings. The SMILES string of the molecule is Cl.NC[C@@H](C(=O)Nc1ccc(-c2cn[nH]c2)cc1)c1ccccc1. The number of amides is 1. The Balaban J connectivity index is 0.00000208. The second-order valence-corrected chi connectivity index (χ2v) is 5.25. The maximum absolute atomic E-state index is 12.5. The predicted octanol–water partition coefficient (Wildman–Crippen LogP) is 3.18. The molecule has 1 amide bonds. The van der Waals surface area contributed by atoms with Crippen LogP contribution in [0.4, 0.5) is 5.69 Å². The van der Waals surface area contributed by atoms with E-state index >= 15 is 0 Å². The number of anilines is 1. The van der Waals surface area contributed by atoms with E-state index < -0.39 is 0 Å². The van der Waals surface area contributed by atoms with Crippen molar-refractivity contribution in [1.82, 2.24) is 10.2 Å². The Morgan fingerprint density at radius 1 is 1.08 bits per heavy atom. The normalized spacial score (nSPS) is 11.4. The monoisotopic (exact) mass is 342 g/mol. The van der Waals surface area contributed by atoms with Crippen molar-refractivity contribution >= 4 is 24.0 Å². The highest BCUT2D eigenvalue weighted by atomic mass is 35.5. The summed E-state index contributed by atoms with van der Waals surface area (Å²) in [5, 5.41) is 9.63. The van der Waals surface area contributed by atoms with Crippen LogP contribution in [0.3, 0.4) is 0 Å². The lowest BCUT2D eigenvalue weighted by Crippen LogP contribution is -2.27. The molecule has 0 aliphatic carbocycles. The third-order valence-electron chi connectivity index (χ3n) is 3.74. The van der Waals surface area contributed by atoms with E-state index in [2.05, 4.69) is 15.5 Å². The van der Waals surface area contributed by atoms with E-state index in [0.717, 1.165) is 22.4 Å². The lowest BCUT2D eigenvalue weighted by atomic mass is 9.98. The molecule has 24 heavy (non-hydrogen) atoms. The molecule has 1 heterocycles. The molecule has 0 spiro atoms. The molecule has 5 nitrogen and oxygen atoms in total. The number of hydrogen-bond acceptors (Lipinski definition) is 3. The molecule has 0 saturated heterocycles. The van der Waals surface area contributed by atoms with Crippen molar-refractivity contribution in [2.75, 3.05) is 11.9 Å². The van der Waals surface area contributed by atoms with Crippen molar-refractivity contribution in [1.29, 1.82) is 0 Å². The molecule has 0 fully saturated rings. The predicted molar refractivity (Wildman–Crippen MR) is 98.1 cm³/mol. The van der Waals surface area contributed by atoms with Gasteiger partial charge in [0, 0.05) is 24.0 Å². The largest absolute Gasteiger partial charge is 0.329 e. The van der Waals surface area contributed by atoms with Gasteiger partial charge in [-0.2, -0.15) is 5.10 Å². The number of carbonyl (C=O) groups is 1. The van der Waals surface area contributed by atoms with E-state index in [1.807, 2.05) is 60.8 Å². The minimum atomic E-state index is -0.357. The fraction of sp³-hybridized carbons (Fsp3) is 0.111. The van der Waals surface area contributed by atoms with Crippen LogP contribution in [-0.2, 0) is 4.79 Å². The average molecular weight is 343 g/mol. The van der Waals surface area contributed by atoms with E-state index in [4.69, 9.17) is 5.73 Å². The van der Waals surface area contributed by atoms with Gasteiger partial charge in [-0.3, -0.25) is 9.89 Å². The van der Waals surface area contributed by atoms with Crippen molar-refractivity contribution in [2.45, 2.75) is 5.92 Å². The molecule has 1 aromatic heterocycles. The van der Waals surface area contributed by atoms with Gasteiger partial charge in [0.25, 0.3) is 0 Å². The molecule has 0 saturated carbocycles. The standard InChI is InChI=1S/C18H18N4O.ClH/c19-10-17(14-4-2-1-3-5-14)18(23)22-16-8-6-13(7-9-16)15-11-20-21-12-15;/h1-9,11-12,17H,10,19H2,(H,20,21)(H,22,23);1H/t17-;/m1./s1. The van der Waals surface area contributed by atoms with Gasteiger partial charge in [-0.1, -0.05) is 42.5 Å². The van der Waals surface area contributed by atoms with Crippen LogP contribution < -0.4 is 11.1 Å². The fourth-order valence-corrected chi connectivity index (χ4v) is 2.46. The number of nitrogens with one attached hydrogen (secondary N) is 2. The number of carbonyl (C=O) groups excluding carboxylic acids is 1. The summed E-state index contributed by atoms with van der Waals surface area (Å²) in [4.78, 5) is 12.5. The number of rotatable bonds is 5. The quantitative estimate of drug-likeness (QED) is 0.665. The first-order valence-corrected chi connectivity index (χ1v) is 7.43. The Bertz CT molecular complexity index is 757. The van der Waals surface area contributed by atoms with Gasteiger partial charge in [0.2, 0.25) is 5.91 Å². The zero-order chi connectivity index (χ0) is 16.1. The minimum Gasteiger partial charge on any atom is -0.329 e. The zero-order valence-electron chi connectivity index (χ0n) is 13.0. The number of H-pyrrole nitrogens is 1. The lowest BCUT2D eigenvalue weighted by Gasteiger charge is -2.15. The molecule has 0 aliphatic heterocycles. The number of hydrogen-bond donors (Lipinski definition) is 3. The summed E-state index contributed by atoms with van der Waals surface area (Å²) in [5.74, 6) is -0.459. The number of nitrogens with two attached hydrogens (primary N) is 1. The van der Waals surface area contributed by atoms with Crippen molar-refractivity contribution in [3.63, 3.8) is 0 Å². The Hall–Kier alpha value is -2.63. The number of aromatic nitrogens is 2. The molecular weight excluding hydrogens is 324 g/mol. The number of aromatic amines is 1. The van der Waals surface area contributed by atoms with E-state index in [-0.39, 0.29) is 30.8 Å². The second-order valence-electron chi connectivity index (χ2n) is 5.25. The van der Waals surface area contributed by atoms with E-state index in [0.29, 0.717) is 0 Å². The van der Waals surface area contributed by atoms with Crippen LogP contribution in [0.15, 0.2) is 67.0 Å². The van der Waals surface area contributed by atoms with Crippen molar-refractivity contribution in [2.24, 2.45) is 5.73 Å². The first kappa shape index (κ1) is 17.7. The number of halogens is 1. The van der Waals surface area contributed by atoms with Gasteiger partial charge in [0.1, 0.15) is 0 Å². The third kappa shape index (κ3) is 4.01. The molecule has 0 radical (unpaired) electrons. The molecule has 124 valence electrons. The Kier molecular flexibility index (Phi) is 6.12. The molecule has 6 heteroatoms. The highest BCUT2D eigenvalue weighted by Gasteiger charge is 2.18. The summed E-state index contributed by atoms with van der Waals surface area (Å²) in [6, 6.07) is 17.2. The summed E-state index contributed by atoms with van der Waals surface area (Å²) in [7, 11) is 0. The van der Waals surface area contributed by atoms with E-state index in [9.17, 15) is 4.79 Å². The first-order chi connectivity index (χ1) is 11.3. The summed E-state index contributed by atoms with van der Waals surface area (Å²) < 4.78 is 0. The molecular formula is C18H19ClN4O. The zero-order valence-corrected chi connectivity index (χ0v) is 13.8. The van der Waals surface area contributed by atoms with Crippen molar-refractivity contribution in [3.05, 3.63) is 72.6 Å². The van der Waals surface area contributed by atoms with Crippen LogP contribution in [-0.4, -0.2) is 22.6 Å². The number of benzene rings is 2. The fourth-order valence-electron chi connectivity index (χ4n) is 2.46.